The molecule has 0 aromatic rings. The van der Waals surface area contributed by atoms with Crippen molar-refractivity contribution in [3.05, 3.63) is 0 Å². The Morgan fingerprint density at radius 1 is 0.262 bits per heavy atom. The molecule has 7 saturated carbocycles. The number of carbonyl (C=O) groups is 7. The fraction of sp³-hybridized carbons (Fsp3) is 0.925. The number of carbonyl (C=O) groups excluding carboxylic acids is 7. The van der Waals surface area contributed by atoms with Crippen molar-refractivity contribution in [1.82, 2.24) is 0 Å². The lowest BCUT2D eigenvalue weighted by molar-refractivity contribution is -0.180. The Balaban J connectivity index is 0.000000625. The van der Waals surface area contributed by atoms with Gasteiger partial charge in [-0.15, -0.1) is 0 Å². The highest BCUT2D eigenvalue weighted by Crippen LogP contribution is 2.44. The highest BCUT2D eigenvalue weighted by Gasteiger charge is 2.45. The van der Waals surface area contributed by atoms with Crippen LogP contribution in [0.1, 0.15) is 463 Å². The minimum atomic E-state index is -0.348. The second kappa shape index (κ2) is 47.7. The van der Waals surface area contributed by atoms with Crippen molar-refractivity contribution in [2.45, 2.75) is 502 Å². The molecule has 3 atom stereocenters. The number of rotatable bonds is 25. The first-order valence-electron chi connectivity index (χ1n) is 44.4. The fourth-order valence-electron chi connectivity index (χ4n) is 14.8. The Morgan fingerprint density at radius 2 is 0.467 bits per heavy atom. The molecule has 7 aliphatic rings. The molecule has 0 aromatic heterocycles. The Bertz CT molecular complexity index is 2530. The van der Waals surface area contributed by atoms with Gasteiger partial charge in [-0.1, -0.05) is 149 Å². The Morgan fingerprint density at radius 3 is 0.729 bits per heavy atom. The van der Waals surface area contributed by atoms with Gasteiger partial charge >= 0.3 is 41.8 Å². The Labute approximate surface area is 658 Å². The van der Waals surface area contributed by atoms with Crippen LogP contribution in [0.25, 0.3) is 0 Å². The van der Waals surface area contributed by atoms with Crippen LogP contribution in [-0.2, 0) is 66.7 Å². The minimum absolute atomic E-state index is 0.00116. The molecule has 107 heavy (non-hydrogen) atoms. The monoisotopic (exact) mass is 1510 g/mol. The summed E-state index contributed by atoms with van der Waals surface area (Å²) in [5, 5.41) is 0. The van der Waals surface area contributed by atoms with Gasteiger partial charge in [-0.05, 0) is 326 Å². The fourth-order valence-corrected chi connectivity index (χ4v) is 14.8. The van der Waals surface area contributed by atoms with E-state index in [0.717, 1.165) is 148 Å². The van der Waals surface area contributed by atoms with Gasteiger partial charge in [0.2, 0.25) is 0 Å². The van der Waals surface area contributed by atoms with Gasteiger partial charge in [0, 0.05) is 0 Å². The van der Waals surface area contributed by atoms with E-state index in [0.29, 0.717) is 11.8 Å². The van der Waals surface area contributed by atoms with Crippen molar-refractivity contribution in [1.29, 1.82) is 0 Å². The van der Waals surface area contributed by atoms with Crippen LogP contribution in [-0.4, -0.2) is 81.0 Å². The van der Waals surface area contributed by atoms with Gasteiger partial charge in [0.05, 0.1) is 39.4 Å². The molecule has 0 spiro atoms. The third-order valence-electron chi connectivity index (χ3n) is 26.8. The predicted molar refractivity (Wildman–Crippen MR) is 441 cm³/mol. The zero-order valence-corrected chi connectivity index (χ0v) is 75.0. The number of hydrogen-bond acceptors (Lipinski definition) is 14. The molecule has 0 heterocycles. The van der Waals surface area contributed by atoms with Crippen LogP contribution < -0.4 is 0 Å². The van der Waals surface area contributed by atoms with E-state index in [1.807, 2.05) is 125 Å². The molecule has 0 radical (unpaired) electrons. The molecular formula is C93H172O14. The van der Waals surface area contributed by atoms with E-state index in [1.165, 1.54) is 128 Å². The molecular weight excluding hydrogens is 1340 g/mol. The molecule has 7 rings (SSSR count). The van der Waals surface area contributed by atoms with E-state index in [4.69, 9.17) is 33.2 Å². The summed E-state index contributed by atoms with van der Waals surface area (Å²) < 4.78 is 40.3. The molecule has 7 fully saturated rings. The van der Waals surface area contributed by atoms with E-state index in [-0.39, 0.29) is 120 Å². The summed E-state index contributed by atoms with van der Waals surface area (Å²) in [4.78, 5) is 83.5. The van der Waals surface area contributed by atoms with Crippen LogP contribution >= 0.6 is 0 Å². The maximum atomic E-state index is 12.3. The van der Waals surface area contributed by atoms with Crippen molar-refractivity contribution in [2.24, 2.45) is 51.2 Å². The second-order valence-corrected chi connectivity index (χ2v) is 38.1. The molecule has 7 aliphatic carbocycles. The first-order valence-corrected chi connectivity index (χ1v) is 44.4. The normalized spacial score (nSPS) is 21.3. The summed E-state index contributed by atoms with van der Waals surface area (Å²) in [6.45, 7) is 55.0. The zero-order chi connectivity index (χ0) is 81.8. The lowest BCUT2D eigenvalue weighted by Gasteiger charge is -2.42. The smallest absolute Gasteiger partial charge is 0.312 e. The average molecular weight is 1510 g/mol. The van der Waals surface area contributed by atoms with Gasteiger partial charge in [0.1, 0.15) is 39.2 Å². The van der Waals surface area contributed by atoms with Crippen molar-refractivity contribution in [3.8, 4) is 0 Å². The number of ether oxygens (including phenoxy) is 7. The predicted octanol–water partition coefficient (Wildman–Crippen LogP) is 26.3. The first-order chi connectivity index (χ1) is 49.8. The first kappa shape index (κ1) is 101. The molecule has 0 saturated heterocycles. The van der Waals surface area contributed by atoms with Gasteiger partial charge in [-0.25, -0.2) is 0 Å². The molecule has 628 valence electrons. The summed E-state index contributed by atoms with van der Waals surface area (Å²) in [7, 11) is 0. The topological polar surface area (TPSA) is 184 Å². The molecule has 3 unspecified atom stereocenters. The van der Waals surface area contributed by atoms with E-state index >= 15 is 0 Å². The van der Waals surface area contributed by atoms with Gasteiger partial charge in [0.15, 0.2) is 0 Å². The summed E-state index contributed by atoms with van der Waals surface area (Å²) >= 11 is 0. The highest BCUT2D eigenvalue weighted by atomic mass is 16.6. The van der Waals surface area contributed by atoms with Crippen LogP contribution in [0.15, 0.2) is 0 Å². The number of esters is 7. The van der Waals surface area contributed by atoms with Crippen LogP contribution in [0, 0.1) is 51.2 Å². The summed E-state index contributed by atoms with van der Waals surface area (Å²) in [6.07, 6.45) is 46.9. The van der Waals surface area contributed by atoms with Crippen LogP contribution in [0.4, 0.5) is 0 Å². The average Bonchev–Trinajstić information content (AvgIpc) is 1.30. The van der Waals surface area contributed by atoms with E-state index in [1.54, 1.807) is 0 Å². The molecule has 14 heteroatoms. The molecule has 0 amide bonds. The second-order valence-electron chi connectivity index (χ2n) is 38.1. The van der Waals surface area contributed by atoms with Gasteiger partial charge < -0.3 is 33.2 Å². The molecule has 0 aromatic carbocycles. The summed E-state index contributed by atoms with van der Waals surface area (Å²) in [5.41, 5.74) is -2.52. The Hall–Kier alpha value is -3.71. The van der Waals surface area contributed by atoms with E-state index < -0.39 is 0 Å². The van der Waals surface area contributed by atoms with E-state index in [9.17, 15) is 33.6 Å². The summed E-state index contributed by atoms with van der Waals surface area (Å²) in [5.74, 6) is 0.867. The van der Waals surface area contributed by atoms with Crippen molar-refractivity contribution in [2.75, 3.05) is 0 Å². The largest absolute Gasteiger partial charge is 0.459 e. The van der Waals surface area contributed by atoms with Gasteiger partial charge in [0.25, 0.3) is 0 Å². The Kier molecular flexibility index (Phi) is 45.2. The molecule has 14 nitrogen and oxygen atoms in total. The summed E-state index contributed by atoms with van der Waals surface area (Å²) in [6, 6.07) is 0. The van der Waals surface area contributed by atoms with Crippen LogP contribution in [0.2, 0.25) is 0 Å². The van der Waals surface area contributed by atoms with Crippen LogP contribution in [0.5, 0.6) is 0 Å². The lowest BCUT2D eigenvalue weighted by Crippen LogP contribution is -2.45. The third kappa shape index (κ3) is 34.7. The minimum Gasteiger partial charge on any atom is -0.459 e. The van der Waals surface area contributed by atoms with Crippen LogP contribution in [0.3, 0.4) is 0 Å². The van der Waals surface area contributed by atoms with E-state index in [2.05, 4.69) is 62.3 Å². The van der Waals surface area contributed by atoms with Gasteiger partial charge in [-0.2, -0.15) is 0 Å². The van der Waals surface area contributed by atoms with Crippen molar-refractivity contribution >= 4 is 41.8 Å². The quantitative estimate of drug-likeness (QED) is 0.0621. The highest BCUT2D eigenvalue weighted by molar-refractivity contribution is 5.78. The molecule has 0 aliphatic heterocycles. The third-order valence-corrected chi connectivity index (χ3v) is 26.8. The standard InChI is InChI=1S/C15H28O2.2C14H26O2.2C13H24O2.2C12H22O2/c1-6-14(4,5)13(16)17-15(12(2)3)10-8-7-9-11-15;1-5-12(4)13(15)16-14(11(2)3)9-7-6-8-10-14;1-5-13(3,4)12(15)16-14(6-2)10-8-7-9-11-14;1-5-12(2,3)11(14)15-13(4)9-7-6-8-10-13;1-4-11(3)12(14)15-13(5-2)9-7-6-8-10-13;1-5-11(2,3)10(13)14-12(4)8-6-7-9-12;1-4-10(2)11(13)14-12(3)8-6-5-7-9-12/h12H,6-11H2,1-5H3;11-12H,5-10H2,1-4H3;5-11H2,1-4H3;5-10H2,1-4H3;11H,4-10H2,1-3H3;5-9H2,1-4H3;10H,4-9H2,1-3H3. The van der Waals surface area contributed by atoms with Gasteiger partial charge in [-0.3, -0.25) is 33.6 Å². The maximum absolute atomic E-state index is 12.3. The zero-order valence-electron chi connectivity index (χ0n) is 75.0. The molecule has 0 N–H and O–H groups in total. The SMILES string of the molecule is CCC(C)(C)C(=O)OC1(C(C)C)CCCCC1.CCC(C)(C)C(=O)OC1(C)CCCC1.CCC(C)(C)C(=O)OC1(C)CCCCC1.CCC(C)C(=O)OC1(C(C)C)CCCCC1.CCC(C)C(=O)OC1(C)CCCCC1.CCC(C)C(=O)OC1(CC)CCCCC1.CCC1(OC(=O)C(C)(C)CC)CCCCC1. The van der Waals surface area contributed by atoms with Crippen molar-refractivity contribution < 1.29 is 66.7 Å². The lowest BCUT2D eigenvalue weighted by atomic mass is 9.76. The van der Waals surface area contributed by atoms with Crippen molar-refractivity contribution in [3.63, 3.8) is 0 Å². The number of hydrogen-bond donors (Lipinski definition) is 0. The molecule has 0 bridgehead atoms. The maximum Gasteiger partial charge on any atom is 0.312 e.